The van der Waals surface area contributed by atoms with Gasteiger partial charge in [0.15, 0.2) is 0 Å². The van der Waals surface area contributed by atoms with Gasteiger partial charge in [0.2, 0.25) is 5.91 Å². The van der Waals surface area contributed by atoms with Gasteiger partial charge in [0, 0.05) is 0 Å². The Kier molecular flexibility index (Phi) is 3.48. The van der Waals surface area contributed by atoms with E-state index in [-0.39, 0.29) is 17.5 Å². The number of carbonyl (C=O) groups is 1. The Morgan fingerprint density at radius 3 is 2.90 bits per heavy atom. The lowest BCUT2D eigenvalue weighted by Crippen LogP contribution is -2.32. The minimum atomic E-state index is -0.430. The summed E-state index contributed by atoms with van der Waals surface area (Å²) in [6.07, 6.45) is 0.614. The Morgan fingerprint density at radius 2 is 2.10 bits per heavy atom. The van der Waals surface area contributed by atoms with Crippen LogP contribution >= 0.6 is 0 Å². The zero-order valence-electron chi connectivity index (χ0n) is 11.3. The van der Waals surface area contributed by atoms with E-state index < -0.39 is 5.82 Å². The largest absolute Gasteiger partial charge is 0.492 e. The third-order valence-electron chi connectivity index (χ3n) is 3.52. The van der Waals surface area contributed by atoms with Crippen LogP contribution in [-0.4, -0.2) is 12.5 Å². The molecule has 0 aromatic heterocycles. The first kappa shape index (κ1) is 13.4. The smallest absolute Gasteiger partial charge is 0.231 e. The summed E-state index contributed by atoms with van der Waals surface area (Å²) in [4.78, 5) is 12.3. The minimum Gasteiger partial charge on any atom is -0.492 e. The molecule has 21 heavy (non-hydrogen) atoms. The molecule has 5 heteroatoms. The zero-order valence-corrected chi connectivity index (χ0v) is 11.3. The summed E-state index contributed by atoms with van der Waals surface area (Å²) >= 11 is 0. The van der Waals surface area contributed by atoms with Crippen LogP contribution in [0.4, 0.5) is 15.8 Å². The second-order valence-electron chi connectivity index (χ2n) is 5.04. The SMILES string of the molecule is Nc1cc(F)ccc1NC(=O)C1COc2ccccc2C1. The Balaban J connectivity index is 1.72. The summed E-state index contributed by atoms with van der Waals surface area (Å²) in [5.74, 6) is -0.0737. The predicted molar refractivity (Wildman–Crippen MR) is 78.6 cm³/mol. The fraction of sp³-hybridized carbons (Fsp3) is 0.188. The van der Waals surface area contributed by atoms with Crippen LogP contribution in [0, 0.1) is 11.7 Å². The third kappa shape index (κ3) is 2.81. The molecule has 4 nitrogen and oxygen atoms in total. The summed E-state index contributed by atoms with van der Waals surface area (Å²) in [5, 5.41) is 2.73. The highest BCUT2D eigenvalue weighted by Gasteiger charge is 2.26. The normalized spacial score (nSPS) is 16.7. The second kappa shape index (κ2) is 5.44. The van der Waals surface area contributed by atoms with Gasteiger partial charge in [-0.1, -0.05) is 18.2 Å². The lowest BCUT2D eigenvalue weighted by Gasteiger charge is -2.24. The number of halogens is 1. The summed E-state index contributed by atoms with van der Waals surface area (Å²) in [5.41, 5.74) is 7.33. The molecule has 0 bridgehead atoms. The van der Waals surface area contributed by atoms with Crippen molar-refractivity contribution in [1.29, 1.82) is 0 Å². The van der Waals surface area contributed by atoms with Crippen LogP contribution in [0.3, 0.4) is 0 Å². The molecule has 2 aromatic carbocycles. The third-order valence-corrected chi connectivity index (χ3v) is 3.52. The van der Waals surface area contributed by atoms with Gasteiger partial charge in [-0.3, -0.25) is 4.79 Å². The number of ether oxygens (including phenoxy) is 1. The van der Waals surface area contributed by atoms with Crippen molar-refractivity contribution < 1.29 is 13.9 Å². The van der Waals surface area contributed by atoms with Crippen LogP contribution in [0.1, 0.15) is 5.56 Å². The topological polar surface area (TPSA) is 64.3 Å². The number of anilines is 2. The number of hydrogen-bond donors (Lipinski definition) is 2. The quantitative estimate of drug-likeness (QED) is 0.834. The highest BCUT2D eigenvalue weighted by molar-refractivity contribution is 5.95. The average molecular weight is 286 g/mol. The van der Waals surface area contributed by atoms with Crippen LogP contribution in [0.5, 0.6) is 5.75 Å². The van der Waals surface area contributed by atoms with Gasteiger partial charge < -0.3 is 15.8 Å². The van der Waals surface area contributed by atoms with Crippen molar-refractivity contribution in [2.75, 3.05) is 17.7 Å². The van der Waals surface area contributed by atoms with E-state index in [1.54, 1.807) is 0 Å². The molecule has 0 radical (unpaired) electrons. The number of para-hydroxylation sites is 1. The molecule has 1 amide bonds. The zero-order chi connectivity index (χ0) is 14.8. The highest BCUT2D eigenvalue weighted by Crippen LogP contribution is 2.28. The molecule has 3 rings (SSSR count). The van der Waals surface area contributed by atoms with E-state index in [9.17, 15) is 9.18 Å². The highest BCUT2D eigenvalue weighted by atomic mass is 19.1. The fourth-order valence-corrected chi connectivity index (χ4v) is 2.38. The van der Waals surface area contributed by atoms with E-state index in [0.717, 1.165) is 11.3 Å². The molecule has 0 saturated heterocycles. The second-order valence-corrected chi connectivity index (χ2v) is 5.04. The van der Waals surface area contributed by atoms with Crippen molar-refractivity contribution in [2.24, 2.45) is 5.92 Å². The number of amides is 1. The van der Waals surface area contributed by atoms with Crippen molar-refractivity contribution in [3.8, 4) is 5.75 Å². The molecule has 108 valence electrons. The van der Waals surface area contributed by atoms with Crippen LogP contribution in [0.15, 0.2) is 42.5 Å². The van der Waals surface area contributed by atoms with Crippen molar-refractivity contribution in [3.63, 3.8) is 0 Å². The van der Waals surface area contributed by atoms with E-state index in [1.165, 1.54) is 18.2 Å². The number of carbonyl (C=O) groups excluding carboxylic acids is 1. The van der Waals surface area contributed by atoms with Gasteiger partial charge in [-0.05, 0) is 36.2 Å². The summed E-state index contributed by atoms with van der Waals surface area (Å²) in [6, 6.07) is 11.6. The van der Waals surface area contributed by atoms with Crippen LogP contribution < -0.4 is 15.8 Å². The summed E-state index contributed by atoms with van der Waals surface area (Å²) in [7, 11) is 0. The monoisotopic (exact) mass is 286 g/mol. The molecule has 0 fully saturated rings. The molecule has 1 aliphatic heterocycles. The number of hydrogen-bond acceptors (Lipinski definition) is 3. The van der Waals surface area contributed by atoms with Crippen molar-refractivity contribution in [3.05, 3.63) is 53.8 Å². The van der Waals surface area contributed by atoms with E-state index in [2.05, 4.69) is 5.32 Å². The first-order valence-corrected chi connectivity index (χ1v) is 6.70. The first-order chi connectivity index (χ1) is 10.1. The average Bonchev–Trinajstić information content (AvgIpc) is 2.49. The van der Waals surface area contributed by atoms with Crippen molar-refractivity contribution >= 4 is 17.3 Å². The number of benzene rings is 2. The summed E-state index contributed by atoms with van der Waals surface area (Å²) < 4.78 is 18.6. The fourth-order valence-electron chi connectivity index (χ4n) is 2.38. The van der Waals surface area contributed by atoms with Crippen LogP contribution in [0.25, 0.3) is 0 Å². The van der Waals surface area contributed by atoms with Gasteiger partial charge in [-0.2, -0.15) is 0 Å². The standard InChI is InChI=1S/C16H15FN2O2/c17-12-5-6-14(13(18)8-12)19-16(20)11-7-10-3-1-2-4-15(10)21-9-11/h1-6,8,11H,7,9,18H2,(H,19,20). The maximum Gasteiger partial charge on any atom is 0.231 e. The maximum absolute atomic E-state index is 13.0. The molecule has 1 heterocycles. The van der Waals surface area contributed by atoms with Crippen molar-refractivity contribution in [2.45, 2.75) is 6.42 Å². The number of nitrogens with one attached hydrogen (secondary N) is 1. The lowest BCUT2D eigenvalue weighted by molar-refractivity contribution is -0.121. The molecule has 3 N–H and O–H groups in total. The number of rotatable bonds is 2. The molecular weight excluding hydrogens is 271 g/mol. The van der Waals surface area contributed by atoms with E-state index >= 15 is 0 Å². The lowest BCUT2D eigenvalue weighted by atomic mass is 9.96. The van der Waals surface area contributed by atoms with Crippen molar-refractivity contribution in [1.82, 2.24) is 0 Å². The Labute approximate surface area is 121 Å². The molecule has 2 aromatic rings. The van der Waals surface area contributed by atoms with Gasteiger partial charge in [0.1, 0.15) is 18.2 Å². The van der Waals surface area contributed by atoms with Gasteiger partial charge in [-0.15, -0.1) is 0 Å². The maximum atomic E-state index is 13.0. The van der Waals surface area contributed by atoms with E-state index in [4.69, 9.17) is 10.5 Å². The van der Waals surface area contributed by atoms with Crippen LogP contribution in [0.2, 0.25) is 0 Å². The summed E-state index contributed by atoms with van der Waals surface area (Å²) in [6.45, 7) is 0.323. The molecule has 1 aliphatic rings. The van der Waals surface area contributed by atoms with Gasteiger partial charge in [0.25, 0.3) is 0 Å². The minimum absolute atomic E-state index is 0.178. The molecule has 0 aliphatic carbocycles. The Morgan fingerprint density at radius 1 is 1.29 bits per heavy atom. The Hall–Kier alpha value is -2.56. The molecule has 1 unspecified atom stereocenters. The molecule has 0 saturated carbocycles. The van der Waals surface area contributed by atoms with E-state index in [0.29, 0.717) is 18.7 Å². The number of fused-ring (bicyclic) bond motifs is 1. The molecule has 1 atom stereocenters. The molecular formula is C16H15FN2O2. The number of nitrogens with two attached hydrogens (primary N) is 1. The van der Waals surface area contributed by atoms with Gasteiger partial charge >= 0.3 is 0 Å². The molecule has 0 spiro atoms. The van der Waals surface area contributed by atoms with E-state index in [1.807, 2.05) is 24.3 Å². The Bertz CT molecular complexity index is 688. The van der Waals surface area contributed by atoms with Gasteiger partial charge in [0.05, 0.1) is 17.3 Å². The van der Waals surface area contributed by atoms with Crippen LogP contribution in [-0.2, 0) is 11.2 Å². The first-order valence-electron chi connectivity index (χ1n) is 6.70. The number of nitrogen functional groups attached to an aromatic ring is 1. The van der Waals surface area contributed by atoms with Gasteiger partial charge in [-0.25, -0.2) is 4.39 Å². The predicted octanol–water partition coefficient (Wildman–Crippen LogP) is 2.60.